The molecule has 1 amide bonds. The Balaban J connectivity index is 1.34. The molecule has 3 heterocycles. The van der Waals surface area contributed by atoms with Crippen molar-refractivity contribution in [1.82, 2.24) is 15.1 Å². The summed E-state index contributed by atoms with van der Waals surface area (Å²) < 4.78 is 21.6. The van der Waals surface area contributed by atoms with Gasteiger partial charge in [0.2, 0.25) is 11.8 Å². The second-order valence-corrected chi connectivity index (χ2v) is 6.94. The topological polar surface area (TPSA) is 90.8 Å². The fourth-order valence-corrected chi connectivity index (χ4v) is 3.55. The summed E-state index contributed by atoms with van der Waals surface area (Å²) in [4.78, 5) is 14.6. The van der Waals surface area contributed by atoms with Gasteiger partial charge in [-0.15, -0.1) is 10.2 Å². The lowest BCUT2D eigenvalue weighted by atomic mass is 9.96. The number of rotatable bonds is 6. The zero-order chi connectivity index (χ0) is 20.2. The van der Waals surface area contributed by atoms with E-state index in [0.717, 1.165) is 18.4 Å². The van der Waals surface area contributed by atoms with Gasteiger partial charge in [-0.1, -0.05) is 6.07 Å². The number of hydrogen-bond acceptors (Lipinski definition) is 7. The van der Waals surface area contributed by atoms with Crippen LogP contribution in [-0.2, 0) is 11.2 Å². The minimum absolute atomic E-state index is 0.0949. The largest absolute Gasteiger partial charge is 0.493 e. The number of nitrogens with zero attached hydrogens (tertiary/aromatic N) is 3. The smallest absolute Gasteiger partial charge is 0.283 e. The van der Waals surface area contributed by atoms with Crippen molar-refractivity contribution < 1.29 is 23.1 Å². The van der Waals surface area contributed by atoms with Crippen LogP contribution in [0.4, 0.5) is 0 Å². The number of benzene rings is 1. The summed E-state index contributed by atoms with van der Waals surface area (Å²) in [5.41, 5.74) is 0.898. The third-order valence-corrected chi connectivity index (χ3v) is 5.17. The molecule has 1 aliphatic heterocycles. The Morgan fingerprint density at radius 3 is 2.62 bits per heavy atom. The van der Waals surface area contributed by atoms with E-state index in [1.165, 1.54) is 0 Å². The first kappa shape index (κ1) is 19.0. The van der Waals surface area contributed by atoms with Gasteiger partial charge >= 0.3 is 0 Å². The highest BCUT2D eigenvalue weighted by Gasteiger charge is 2.28. The number of carbonyl (C=O) groups is 1. The molecule has 0 spiro atoms. The highest BCUT2D eigenvalue weighted by molar-refractivity contribution is 5.79. The number of methoxy groups -OCH3 is 2. The van der Waals surface area contributed by atoms with Gasteiger partial charge < -0.3 is 23.2 Å². The molecule has 1 aliphatic rings. The van der Waals surface area contributed by atoms with E-state index < -0.39 is 0 Å². The van der Waals surface area contributed by atoms with E-state index in [1.807, 2.05) is 23.1 Å². The molecule has 8 nitrogen and oxygen atoms in total. The average molecular weight is 397 g/mol. The number of hydrogen-bond donors (Lipinski definition) is 0. The molecule has 3 aromatic rings. The molecule has 0 atom stereocenters. The zero-order valence-corrected chi connectivity index (χ0v) is 16.5. The Hall–Kier alpha value is -3.29. The van der Waals surface area contributed by atoms with Gasteiger partial charge in [-0.3, -0.25) is 4.79 Å². The molecule has 152 valence electrons. The molecule has 4 rings (SSSR count). The van der Waals surface area contributed by atoms with Crippen LogP contribution in [0.5, 0.6) is 11.5 Å². The molecule has 1 fully saturated rings. The summed E-state index contributed by atoms with van der Waals surface area (Å²) in [5, 5.41) is 8.22. The summed E-state index contributed by atoms with van der Waals surface area (Å²) in [6.07, 6.45) is 3.48. The molecule has 0 unspecified atom stereocenters. The number of amides is 1. The normalized spacial score (nSPS) is 14.8. The van der Waals surface area contributed by atoms with Crippen molar-refractivity contribution in [3.8, 4) is 23.1 Å². The van der Waals surface area contributed by atoms with Crippen molar-refractivity contribution in [3.05, 3.63) is 48.0 Å². The molecule has 8 heteroatoms. The van der Waals surface area contributed by atoms with Crippen molar-refractivity contribution in [3.63, 3.8) is 0 Å². The Morgan fingerprint density at radius 2 is 1.93 bits per heavy atom. The van der Waals surface area contributed by atoms with Gasteiger partial charge in [0.25, 0.3) is 5.89 Å². The van der Waals surface area contributed by atoms with Crippen molar-refractivity contribution in [2.75, 3.05) is 27.3 Å². The van der Waals surface area contributed by atoms with Gasteiger partial charge in [0.15, 0.2) is 17.3 Å². The summed E-state index contributed by atoms with van der Waals surface area (Å²) in [5.74, 6) is 3.07. The highest BCUT2D eigenvalue weighted by atomic mass is 16.5. The first-order valence-corrected chi connectivity index (χ1v) is 9.54. The highest BCUT2D eigenvalue weighted by Crippen LogP contribution is 2.31. The maximum atomic E-state index is 12.7. The van der Waals surface area contributed by atoms with Crippen LogP contribution in [0.25, 0.3) is 11.7 Å². The quantitative estimate of drug-likeness (QED) is 0.630. The van der Waals surface area contributed by atoms with Gasteiger partial charge in [-0.25, -0.2) is 0 Å². The molecule has 0 aliphatic carbocycles. The number of piperidine rings is 1. The standard InChI is InChI=1S/C21H23N3O5/c1-26-16-6-5-14(12-18(16)27-2)13-19(25)24-9-7-15(8-10-24)20-22-23-21(29-20)17-4-3-11-28-17/h3-6,11-12,15H,7-10,13H2,1-2H3. The lowest BCUT2D eigenvalue weighted by Gasteiger charge is -2.30. The molecule has 2 aromatic heterocycles. The van der Waals surface area contributed by atoms with E-state index in [2.05, 4.69) is 10.2 Å². The fourth-order valence-electron chi connectivity index (χ4n) is 3.55. The molecular formula is C21H23N3O5. The van der Waals surface area contributed by atoms with Crippen molar-refractivity contribution in [2.24, 2.45) is 0 Å². The number of carbonyl (C=O) groups excluding carboxylic acids is 1. The Morgan fingerprint density at radius 1 is 1.14 bits per heavy atom. The van der Waals surface area contributed by atoms with E-state index in [0.29, 0.717) is 48.6 Å². The van der Waals surface area contributed by atoms with E-state index >= 15 is 0 Å². The minimum atomic E-state index is 0.0949. The summed E-state index contributed by atoms with van der Waals surface area (Å²) >= 11 is 0. The molecule has 29 heavy (non-hydrogen) atoms. The molecular weight excluding hydrogens is 374 g/mol. The van der Waals surface area contributed by atoms with Crippen molar-refractivity contribution in [2.45, 2.75) is 25.2 Å². The van der Waals surface area contributed by atoms with Crippen LogP contribution in [-0.4, -0.2) is 48.3 Å². The van der Waals surface area contributed by atoms with Crippen LogP contribution in [0, 0.1) is 0 Å². The van der Waals surface area contributed by atoms with Gasteiger partial charge in [0.05, 0.1) is 26.9 Å². The fraction of sp³-hybridized carbons (Fsp3) is 0.381. The van der Waals surface area contributed by atoms with Gasteiger partial charge in [0.1, 0.15) is 0 Å². The molecule has 1 aromatic carbocycles. The molecule has 0 bridgehead atoms. The van der Waals surface area contributed by atoms with E-state index in [4.69, 9.17) is 18.3 Å². The molecule has 0 radical (unpaired) electrons. The Bertz CT molecular complexity index is 959. The lowest BCUT2D eigenvalue weighted by molar-refractivity contribution is -0.131. The second kappa shape index (κ2) is 8.38. The minimum Gasteiger partial charge on any atom is -0.493 e. The summed E-state index contributed by atoms with van der Waals surface area (Å²) in [6.45, 7) is 1.32. The monoisotopic (exact) mass is 397 g/mol. The van der Waals surface area contributed by atoms with Crippen molar-refractivity contribution >= 4 is 5.91 Å². The van der Waals surface area contributed by atoms with Crippen LogP contribution in [0.3, 0.4) is 0 Å². The third-order valence-electron chi connectivity index (χ3n) is 5.17. The van der Waals surface area contributed by atoms with E-state index in [9.17, 15) is 4.79 Å². The number of likely N-dealkylation sites (tertiary alicyclic amines) is 1. The Kier molecular flexibility index (Phi) is 5.50. The van der Waals surface area contributed by atoms with Crippen molar-refractivity contribution in [1.29, 1.82) is 0 Å². The van der Waals surface area contributed by atoms with Gasteiger partial charge in [-0.2, -0.15) is 0 Å². The lowest BCUT2D eigenvalue weighted by Crippen LogP contribution is -2.38. The van der Waals surface area contributed by atoms with Crippen LogP contribution in [0.15, 0.2) is 45.4 Å². The maximum absolute atomic E-state index is 12.7. The zero-order valence-electron chi connectivity index (χ0n) is 16.5. The van der Waals surface area contributed by atoms with Crippen LogP contribution >= 0.6 is 0 Å². The maximum Gasteiger partial charge on any atom is 0.283 e. The summed E-state index contributed by atoms with van der Waals surface area (Å²) in [6, 6.07) is 9.12. The van der Waals surface area contributed by atoms with Gasteiger partial charge in [-0.05, 0) is 42.7 Å². The first-order chi connectivity index (χ1) is 14.2. The van der Waals surface area contributed by atoms with Crippen LogP contribution in [0.1, 0.15) is 30.2 Å². The molecule has 1 saturated heterocycles. The number of aromatic nitrogens is 2. The van der Waals surface area contributed by atoms with Gasteiger partial charge in [0, 0.05) is 19.0 Å². The summed E-state index contributed by atoms with van der Waals surface area (Å²) in [7, 11) is 3.18. The SMILES string of the molecule is COc1ccc(CC(=O)N2CCC(c3nnc(-c4ccco4)o3)CC2)cc1OC. The average Bonchev–Trinajstić information content (AvgIpc) is 3.45. The Labute approximate surface area is 168 Å². The van der Waals surface area contributed by atoms with Crippen LogP contribution in [0.2, 0.25) is 0 Å². The van der Waals surface area contributed by atoms with Crippen LogP contribution < -0.4 is 9.47 Å². The number of furan rings is 1. The van der Waals surface area contributed by atoms with E-state index in [1.54, 1.807) is 32.6 Å². The van der Waals surface area contributed by atoms with E-state index in [-0.39, 0.29) is 11.8 Å². The predicted octanol–water partition coefficient (Wildman–Crippen LogP) is 3.30. The molecule has 0 N–H and O–H groups in total. The second-order valence-electron chi connectivity index (χ2n) is 6.94. The third kappa shape index (κ3) is 4.11. The first-order valence-electron chi connectivity index (χ1n) is 9.54. The number of ether oxygens (including phenoxy) is 2. The predicted molar refractivity (Wildman–Crippen MR) is 104 cm³/mol. The molecule has 0 saturated carbocycles.